The molecule has 82 valence electrons. The molecule has 14 heavy (non-hydrogen) atoms. The molecule has 0 aromatic heterocycles. The third-order valence-electron chi connectivity index (χ3n) is 2.63. The Kier molecular flexibility index (Phi) is 5.60. The average Bonchev–Trinajstić information content (AvgIpc) is 2.65. The van der Waals surface area contributed by atoms with Crippen LogP contribution in [0.4, 0.5) is 0 Å². The molecule has 1 N–H and O–H groups in total. The van der Waals surface area contributed by atoms with Gasteiger partial charge in [-0.2, -0.15) is 0 Å². The van der Waals surface area contributed by atoms with Crippen LogP contribution >= 0.6 is 0 Å². The number of hydrogen-bond acceptors (Lipinski definition) is 3. The van der Waals surface area contributed by atoms with Crippen LogP contribution in [0.5, 0.6) is 0 Å². The zero-order valence-electron chi connectivity index (χ0n) is 9.05. The third-order valence-corrected chi connectivity index (χ3v) is 2.63. The highest BCUT2D eigenvalue weighted by Gasteiger charge is 2.18. The van der Waals surface area contributed by atoms with Gasteiger partial charge in [0.15, 0.2) is 0 Å². The molecular weight excluding hydrogens is 178 g/mol. The first-order valence-corrected chi connectivity index (χ1v) is 5.69. The van der Waals surface area contributed by atoms with E-state index in [9.17, 15) is 4.79 Å². The van der Waals surface area contributed by atoms with Crippen molar-refractivity contribution in [3.8, 4) is 0 Å². The molecule has 0 amide bonds. The molecule has 1 aliphatic heterocycles. The van der Waals surface area contributed by atoms with Crippen molar-refractivity contribution in [1.29, 1.82) is 0 Å². The van der Waals surface area contributed by atoms with Gasteiger partial charge >= 0.3 is 5.97 Å². The summed E-state index contributed by atoms with van der Waals surface area (Å²) in [6.45, 7) is 4.77. The summed E-state index contributed by atoms with van der Waals surface area (Å²) in [5, 5.41) is 3.25. The minimum Gasteiger partial charge on any atom is -0.466 e. The van der Waals surface area contributed by atoms with Gasteiger partial charge in [0.25, 0.3) is 0 Å². The molecule has 0 bridgehead atoms. The van der Waals surface area contributed by atoms with E-state index in [0.29, 0.717) is 18.9 Å². The van der Waals surface area contributed by atoms with E-state index in [0.717, 1.165) is 32.4 Å². The number of esters is 1. The molecule has 1 aliphatic rings. The smallest absolute Gasteiger partial charge is 0.306 e. The maximum Gasteiger partial charge on any atom is 0.306 e. The van der Waals surface area contributed by atoms with Crippen LogP contribution < -0.4 is 5.32 Å². The van der Waals surface area contributed by atoms with E-state index in [1.165, 1.54) is 6.42 Å². The summed E-state index contributed by atoms with van der Waals surface area (Å²) < 4.78 is 5.14. The van der Waals surface area contributed by atoms with E-state index in [1.807, 2.05) is 0 Å². The topological polar surface area (TPSA) is 38.3 Å². The molecule has 3 nitrogen and oxygen atoms in total. The number of hydrogen-bond donors (Lipinski definition) is 1. The molecule has 1 atom stereocenters. The lowest BCUT2D eigenvalue weighted by Crippen LogP contribution is -2.15. The highest BCUT2D eigenvalue weighted by Crippen LogP contribution is 2.12. The first kappa shape index (κ1) is 11.5. The molecule has 1 fully saturated rings. The standard InChI is InChI=1S/C11H21NO2/c1-2-3-4-7-14-11(13)8-10-5-6-12-9-10/h10,12H,2-9H2,1H3. The Morgan fingerprint density at radius 1 is 1.50 bits per heavy atom. The molecule has 1 unspecified atom stereocenters. The fraction of sp³-hybridized carbons (Fsp3) is 0.909. The van der Waals surface area contributed by atoms with Gasteiger partial charge in [0.2, 0.25) is 0 Å². The van der Waals surface area contributed by atoms with Gasteiger partial charge in [0, 0.05) is 6.42 Å². The summed E-state index contributed by atoms with van der Waals surface area (Å²) in [5.41, 5.74) is 0. The van der Waals surface area contributed by atoms with Crippen LogP contribution in [0.3, 0.4) is 0 Å². The second-order valence-electron chi connectivity index (χ2n) is 3.99. The van der Waals surface area contributed by atoms with Crippen molar-refractivity contribution in [2.45, 2.75) is 39.0 Å². The Morgan fingerprint density at radius 3 is 3.00 bits per heavy atom. The summed E-state index contributed by atoms with van der Waals surface area (Å²) in [6, 6.07) is 0. The Hall–Kier alpha value is -0.570. The zero-order chi connectivity index (χ0) is 10.2. The molecular formula is C11H21NO2. The summed E-state index contributed by atoms with van der Waals surface area (Å²) in [4.78, 5) is 11.3. The lowest BCUT2D eigenvalue weighted by molar-refractivity contribution is -0.144. The van der Waals surface area contributed by atoms with Crippen LogP contribution in [0.2, 0.25) is 0 Å². The van der Waals surface area contributed by atoms with Gasteiger partial charge in [0.1, 0.15) is 0 Å². The lowest BCUT2D eigenvalue weighted by atomic mass is 10.1. The molecule has 1 heterocycles. The normalized spacial score (nSPS) is 21.1. The number of carbonyl (C=O) groups is 1. The molecule has 0 aromatic rings. The number of unbranched alkanes of at least 4 members (excludes halogenated alkanes) is 2. The highest BCUT2D eigenvalue weighted by molar-refractivity contribution is 5.69. The summed E-state index contributed by atoms with van der Waals surface area (Å²) in [5.74, 6) is 0.489. The third kappa shape index (κ3) is 4.61. The van der Waals surface area contributed by atoms with Gasteiger partial charge in [-0.25, -0.2) is 0 Å². The Morgan fingerprint density at radius 2 is 2.36 bits per heavy atom. The first-order valence-electron chi connectivity index (χ1n) is 5.69. The van der Waals surface area contributed by atoms with Crippen molar-refractivity contribution < 1.29 is 9.53 Å². The van der Waals surface area contributed by atoms with Crippen LogP contribution in [0.15, 0.2) is 0 Å². The predicted molar refractivity (Wildman–Crippen MR) is 56.1 cm³/mol. The predicted octanol–water partition coefficient (Wildman–Crippen LogP) is 1.72. The number of ether oxygens (including phenoxy) is 1. The van der Waals surface area contributed by atoms with Gasteiger partial charge < -0.3 is 10.1 Å². The SMILES string of the molecule is CCCCCOC(=O)CC1CCNC1. The van der Waals surface area contributed by atoms with Crippen LogP contribution in [-0.2, 0) is 9.53 Å². The first-order chi connectivity index (χ1) is 6.83. The summed E-state index contributed by atoms with van der Waals surface area (Å²) >= 11 is 0. The van der Waals surface area contributed by atoms with Crippen LogP contribution in [0.1, 0.15) is 39.0 Å². The van der Waals surface area contributed by atoms with Crippen LogP contribution in [0, 0.1) is 5.92 Å². The minimum absolute atomic E-state index is 0.0187. The molecule has 1 rings (SSSR count). The fourth-order valence-electron chi connectivity index (χ4n) is 1.72. The van der Waals surface area contributed by atoms with E-state index in [4.69, 9.17) is 4.74 Å². The molecule has 0 aliphatic carbocycles. The maximum absolute atomic E-state index is 11.3. The van der Waals surface area contributed by atoms with Crippen molar-refractivity contribution in [3.63, 3.8) is 0 Å². The van der Waals surface area contributed by atoms with Crippen LogP contribution in [0.25, 0.3) is 0 Å². The molecule has 0 spiro atoms. The van der Waals surface area contributed by atoms with E-state index in [-0.39, 0.29) is 5.97 Å². The van der Waals surface area contributed by atoms with Gasteiger partial charge in [-0.3, -0.25) is 4.79 Å². The van der Waals surface area contributed by atoms with Crippen molar-refractivity contribution in [2.24, 2.45) is 5.92 Å². The van der Waals surface area contributed by atoms with Gasteiger partial charge in [-0.1, -0.05) is 19.8 Å². The van der Waals surface area contributed by atoms with Crippen molar-refractivity contribution >= 4 is 5.97 Å². The molecule has 0 saturated carbocycles. The maximum atomic E-state index is 11.3. The lowest BCUT2D eigenvalue weighted by Gasteiger charge is -2.07. The molecule has 0 aromatic carbocycles. The zero-order valence-corrected chi connectivity index (χ0v) is 9.05. The van der Waals surface area contributed by atoms with E-state index < -0.39 is 0 Å². The second kappa shape index (κ2) is 6.82. The molecule has 1 saturated heterocycles. The average molecular weight is 199 g/mol. The quantitative estimate of drug-likeness (QED) is 0.523. The monoisotopic (exact) mass is 199 g/mol. The number of nitrogens with one attached hydrogen (secondary N) is 1. The fourth-order valence-corrected chi connectivity index (χ4v) is 1.72. The van der Waals surface area contributed by atoms with Crippen molar-refractivity contribution in [3.05, 3.63) is 0 Å². The van der Waals surface area contributed by atoms with Crippen LogP contribution in [-0.4, -0.2) is 25.7 Å². The van der Waals surface area contributed by atoms with Crippen molar-refractivity contribution in [1.82, 2.24) is 5.32 Å². The van der Waals surface area contributed by atoms with E-state index in [1.54, 1.807) is 0 Å². The van der Waals surface area contributed by atoms with Gasteiger partial charge in [0.05, 0.1) is 6.61 Å². The number of rotatable bonds is 6. The van der Waals surface area contributed by atoms with Gasteiger partial charge in [-0.15, -0.1) is 0 Å². The Bertz CT molecular complexity index is 165. The van der Waals surface area contributed by atoms with Gasteiger partial charge in [-0.05, 0) is 31.8 Å². The van der Waals surface area contributed by atoms with E-state index >= 15 is 0 Å². The molecule has 3 heteroatoms. The Labute approximate surface area is 86.2 Å². The molecule has 0 radical (unpaired) electrons. The number of carbonyl (C=O) groups excluding carboxylic acids is 1. The Balaban J connectivity index is 1.98. The van der Waals surface area contributed by atoms with Crippen molar-refractivity contribution in [2.75, 3.05) is 19.7 Å². The summed E-state index contributed by atoms with van der Waals surface area (Å²) in [7, 11) is 0. The highest BCUT2D eigenvalue weighted by atomic mass is 16.5. The summed E-state index contributed by atoms with van der Waals surface area (Å²) in [6.07, 6.45) is 5.04. The largest absolute Gasteiger partial charge is 0.466 e. The second-order valence-corrected chi connectivity index (χ2v) is 3.99. The van der Waals surface area contributed by atoms with E-state index in [2.05, 4.69) is 12.2 Å². The minimum atomic E-state index is -0.0187.